The number of aliphatic hydroxyl groups excluding tert-OH is 1. The zero-order valence-electron chi connectivity index (χ0n) is 17.7. The highest BCUT2D eigenvalue weighted by Crippen LogP contribution is 2.31. The molecular weight excluding hydrogens is 538 g/mol. The Morgan fingerprint density at radius 2 is 2.07 bits per heavy atom. The Hall–Kier alpha value is -0.740. The van der Waals surface area contributed by atoms with E-state index in [2.05, 4.69) is 34.0 Å². The van der Waals surface area contributed by atoms with Crippen LogP contribution in [0.15, 0.2) is 35.3 Å². The fourth-order valence-electron chi connectivity index (χ4n) is 3.16. The van der Waals surface area contributed by atoms with Crippen molar-refractivity contribution in [3.8, 4) is 5.75 Å². The second kappa shape index (κ2) is 14.3. The highest BCUT2D eigenvalue weighted by atomic mass is 127. The Balaban J connectivity index is 0.00000450. The number of aliphatic hydroxyl groups is 1. The van der Waals surface area contributed by atoms with Crippen LogP contribution < -0.4 is 15.4 Å². The molecule has 0 spiro atoms. The number of likely N-dealkylation sites (tertiary alicyclic amines) is 1. The van der Waals surface area contributed by atoms with Crippen LogP contribution in [0, 0.1) is 0 Å². The number of nitrogens with zero attached hydrogens (tertiary/aromatic N) is 2. The van der Waals surface area contributed by atoms with Crippen molar-refractivity contribution in [2.75, 3.05) is 39.3 Å². The standard InChI is InChI=1S/C21H32Cl2N4O2.HI/c1-4-24-21(26-16-8-10-27(11-9-16)13-15(2)3)25-12-17(28)14-29-19-7-5-6-18(22)20(19)23;/h5-7,16-17,28H,2,4,8-14H2,1,3H3,(H2,24,25,26);1H. The molecule has 1 saturated heterocycles. The topological polar surface area (TPSA) is 69.1 Å². The van der Waals surface area contributed by atoms with E-state index in [-0.39, 0.29) is 37.1 Å². The summed E-state index contributed by atoms with van der Waals surface area (Å²) in [6, 6.07) is 5.53. The Bertz CT molecular complexity index is 698. The molecule has 170 valence electrons. The van der Waals surface area contributed by atoms with Crippen molar-refractivity contribution in [1.29, 1.82) is 0 Å². The first-order valence-electron chi connectivity index (χ1n) is 10.1. The summed E-state index contributed by atoms with van der Waals surface area (Å²) in [5.41, 5.74) is 1.20. The van der Waals surface area contributed by atoms with Gasteiger partial charge in [-0.3, -0.25) is 9.89 Å². The van der Waals surface area contributed by atoms with E-state index in [1.807, 2.05) is 6.92 Å². The van der Waals surface area contributed by atoms with Gasteiger partial charge in [-0.1, -0.05) is 41.4 Å². The molecule has 1 aromatic carbocycles. The van der Waals surface area contributed by atoms with Crippen LogP contribution >= 0.6 is 47.2 Å². The Labute approximate surface area is 207 Å². The number of guanidine groups is 1. The summed E-state index contributed by atoms with van der Waals surface area (Å²) in [5.74, 6) is 1.17. The van der Waals surface area contributed by atoms with Gasteiger partial charge in [0.15, 0.2) is 5.96 Å². The van der Waals surface area contributed by atoms with Gasteiger partial charge in [-0.2, -0.15) is 0 Å². The average molecular weight is 571 g/mol. The second-order valence-electron chi connectivity index (χ2n) is 7.39. The third kappa shape index (κ3) is 9.60. The predicted octanol–water partition coefficient (Wildman–Crippen LogP) is 3.95. The van der Waals surface area contributed by atoms with E-state index in [0.717, 1.165) is 39.0 Å². The van der Waals surface area contributed by atoms with Crippen LogP contribution in [0.4, 0.5) is 0 Å². The first-order valence-corrected chi connectivity index (χ1v) is 10.8. The molecule has 1 heterocycles. The lowest BCUT2D eigenvalue weighted by Gasteiger charge is -2.33. The van der Waals surface area contributed by atoms with Crippen LogP contribution in [0.5, 0.6) is 5.75 Å². The molecule has 1 aliphatic heterocycles. The molecule has 0 radical (unpaired) electrons. The van der Waals surface area contributed by atoms with E-state index in [0.29, 0.717) is 27.8 Å². The van der Waals surface area contributed by atoms with Crippen LogP contribution in [0.2, 0.25) is 10.0 Å². The molecule has 9 heteroatoms. The maximum absolute atomic E-state index is 10.2. The van der Waals surface area contributed by atoms with Crippen LogP contribution in [0.25, 0.3) is 0 Å². The fourth-order valence-corrected chi connectivity index (χ4v) is 3.51. The van der Waals surface area contributed by atoms with Gasteiger partial charge in [0, 0.05) is 32.2 Å². The number of piperidine rings is 1. The van der Waals surface area contributed by atoms with Crippen LogP contribution in [0.1, 0.15) is 26.7 Å². The lowest BCUT2D eigenvalue weighted by molar-refractivity contribution is 0.114. The Kier molecular flexibility index (Phi) is 13.1. The monoisotopic (exact) mass is 570 g/mol. The second-order valence-corrected chi connectivity index (χ2v) is 8.17. The van der Waals surface area contributed by atoms with Gasteiger partial charge in [0.1, 0.15) is 23.5 Å². The number of aliphatic imine (C=N–C) groups is 1. The SMILES string of the molecule is C=C(C)CN1CCC(NC(=NCC(O)COc2cccc(Cl)c2Cl)NCC)CC1.I. The van der Waals surface area contributed by atoms with Crippen LogP contribution in [0.3, 0.4) is 0 Å². The molecular formula is C21H33Cl2IN4O2. The molecule has 3 N–H and O–H groups in total. The minimum atomic E-state index is -0.752. The van der Waals surface area contributed by atoms with Crippen molar-refractivity contribution in [2.24, 2.45) is 4.99 Å². The van der Waals surface area contributed by atoms with Gasteiger partial charge in [-0.05, 0) is 38.8 Å². The minimum absolute atomic E-state index is 0. The van der Waals surface area contributed by atoms with Crippen molar-refractivity contribution in [1.82, 2.24) is 15.5 Å². The lowest BCUT2D eigenvalue weighted by Crippen LogP contribution is -2.49. The Morgan fingerprint density at radius 1 is 1.37 bits per heavy atom. The molecule has 0 bridgehead atoms. The number of hydrogen-bond acceptors (Lipinski definition) is 4. The van der Waals surface area contributed by atoms with Gasteiger partial charge in [0.05, 0.1) is 11.6 Å². The summed E-state index contributed by atoms with van der Waals surface area (Å²) in [5, 5.41) is 17.7. The molecule has 2 rings (SSSR count). The van der Waals surface area contributed by atoms with Gasteiger partial charge in [-0.25, -0.2) is 0 Å². The zero-order chi connectivity index (χ0) is 21.2. The maximum Gasteiger partial charge on any atom is 0.191 e. The third-order valence-corrected chi connectivity index (χ3v) is 5.38. The first kappa shape index (κ1) is 27.3. The molecule has 0 aliphatic carbocycles. The largest absolute Gasteiger partial charge is 0.489 e. The van der Waals surface area contributed by atoms with Crippen LogP contribution in [-0.2, 0) is 0 Å². The zero-order valence-corrected chi connectivity index (χ0v) is 21.5. The summed E-state index contributed by atoms with van der Waals surface area (Å²) in [4.78, 5) is 6.93. The van der Waals surface area contributed by atoms with Gasteiger partial charge in [-0.15, -0.1) is 24.0 Å². The molecule has 1 fully saturated rings. The quantitative estimate of drug-likeness (QED) is 0.182. The highest BCUT2D eigenvalue weighted by molar-refractivity contribution is 14.0. The number of benzene rings is 1. The normalized spacial score (nSPS) is 16.5. The molecule has 0 saturated carbocycles. The number of nitrogens with one attached hydrogen (secondary N) is 2. The summed E-state index contributed by atoms with van der Waals surface area (Å²) in [6.45, 7) is 12.2. The van der Waals surface area contributed by atoms with Crippen molar-refractivity contribution in [3.05, 3.63) is 40.4 Å². The van der Waals surface area contributed by atoms with Crippen molar-refractivity contribution in [3.63, 3.8) is 0 Å². The summed E-state index contributed by atoms with van der Waals surface area (Å²) < 4.78 is 5.58. The van der Waals surface area contributed by atoms with Crippen molar-refractivity contribution < 1.29 is 9.84 Å². The van der Waals surface area contributed by atoms with Gasteiger partial charge in [0.2, 0.25) is 0 Å². The van der Waals surface area contributed by atoms with E-state index in [1.165, 1.54) is 5.57 Å². The third-order valence-electron chi connectivity index (χ3n) is 4.57. The summed E-state index contributed by atoms with van der Waals surface area (Å²) in [6.07, 6.45) is 1.35. The fraction of sp³-hybridized carbons (Fsp3) is 0.571. The van der Waals surface area contributed by atoms with E-state index in [4.69, 9.17) is 27.9 Å². The maximum atomic E-state index is 10.2. The van der Waals surface area contributed by atoms with Gasteiger partial charge < -0.3 is 20.5 Å². The molecule has 1 atom stereocenters. The molecule has 30 heavy (non-hydrogen) atoms. The smallest absolute Gasteiger partial charge is 0.191 e. The van der Waals surface area contributed by atoms with Crippen molar-refractivity contribution in [2.45, 2.75) is 38.8 Å². The summed E-state index contributed by atoms with van der Waals surface area (Å²) in [7, 11) is 0. The number of ether oxygens (including phenoxy) is 1. The molecule has 6 nitrogen and oxygen atoms in total. The molecule has 0 aromatic heterocycles. The van der Waals surface area contributed by atoms with Gasteiger partial charge in [0.25, 0.3) is 0 Å². The number of rotatable bonds is 9. The number of halogens is 3. The van der Waals surface area contributed by atoms with E-state index < -0.39 is 6.10 Å². The molecule has 0 amide bonds. The first-order chi connectivity index (χ1) is 13.9. The minimum Gasteiger partial charge on any atom is -0.489 e. The average Bonchev–Trinajstić information content (AvgIpc) is 2.68. The Morgan fingerprint density at radius 3 is 2.70 bits per heavy atom. The summed E-state index contributed by atoms with van der Waals surface area (Å²) >= 11 is 12.1. The molecule has 1 unspecified atom stereocenters. The van der Waals surface area contributed by atoms with E-state index >= 15 is 0 Å². The van der Waals surface area contributed by atoms with Gasteiger partial charge >= 0.3 is 0 Å². The van der Waals surface area contributed by atoms with E-state index in [1.54, 1.807) is 18.2 Å². The molecule has 1 aromatic rings. The predicted molar refractivity (Wildman–Crippen MR) is 137 cm³/mol. The highest BCUT2D eigenvalue weighted by Gasteiger charge is 2.20. The van der Waals surface area contributed by atoms with E-state index in [9.17, 15) is 5.11 Å². The lowest BCUT2D eigenvalue weighted by atomic mass is 10.0. The molecule has 1 aliphatic rings. The van der Waals surface area contributed by atoms with Crippen LogP contribution in [-0.4, -0.2) is 67.4 Å². The van der Waals surface area contributed by atoms with Crippen molar-refractivity contribution >= 4 is 53.1 Å². The number of hydrogen-bond donors (Lipinski definition) is 3.